The molecule has 136 valence electrons. The minimum absolute atomic E-state index is 0.0771. The van der Waals surface area contributed by atoms with Crippen molar-refractivity contribution in [3.8, 4) is 5.75 Å². The Balaban J connectivity index is 1.94. The van der Waals surface area contributed by atoms with Gasteiger partial charge in [0.2, 0.25) is 10.0 Å². The summed E-state index contributed by atoms with van der Waals surface area (Å²) in [7, 11) is -3.40. The minimum Gasteiger partial charge on any atom is -0.491 e. The van der Waals surface area contributed by atoms with Crippen molar-refractivity contribution in [3.05, 3.63) is 24.3 Å². The lowest BCUT2D eigenvalue weighted by atomic mass is 10.2. The molecule has 5 nitrogen and oxygen atoms in total. The van der Waals surface area contributed by atoms with Crippen LogP contribution in [0.1, 0.15) is 40.0 Å². The van der Waals surface area contributed by atoms with E-state index in [1.807, 2.05) is 13.8 Å². The third-order valence-corrected chi connectivity index (χ3v) is 6.16. The van der Waals surface area contributed by atoms with Crippen molar-refractivity contribution in [3.63, 3.8) is 0 Å². The number of sulfonamides is 1. The van der Waals surface area contributed by atoms with Gasteiger partial charge in [-0.3, -0.25) is 0 Å². The second kappa shape index (κ2) is 8.83. The molecule has 1 heterocycles. The fourth-order valence-corrected chi connectivity index (χ4v) is 4.31. The Hall–Kier alpha value is -1.11. The molecule has 0 radical (unpaired) electrons. The van der Waals surface area contributed by atoms with Gasteiger partial charge in [-0.15, -0.1) is 0 Å². The number of piperazine rings is 1. The average Bonchev–Trinajstić information content (AvgIpc) is 2.55. The number of ether oxygens (including phenoxy) is 1. The first kappa shape index (κ1) is 19.2. The Kier molecular flexibility index (Phi) is 7.07. The van der Waals surface area contributed by atoms with Gasteiger partial charge in [0.1, 0.15) is 5.75 Å². The maximum absolute atomic E-state index is 12.8. The molecule has 0 N–H and O–H groups in total. The lowest BCUT2D eigenvalue weighted by molar-refractivity contribution is 0.185. The smallest absolute Gasteiger partial charge is 0.243 e. The van der Waals surface area contributed by atoms with Crippen LogP contribution < -0.4 is 4.74 Å². The summed E-state index contributed by atoms with van der Waals surface area (Å²) in [5.41, 5.74) is 0. The average molecular weight is 355 g/mol. The van der Waals surface area contributed by atoms with Gasteiger partial charge in [-0.1, -0.05) is 19.8 Å². The molecule has 1 fully saturated rings. The normalized spacial score (nSPS) is 17.3. The van der Waals surface area contributed by atoms with E-state index in [0.29, 0.717) is 23.7 Å². The summed E-state index contributed by atoms with van der Waals surface area (Å²) in [5, 5.41) is 0. The summed E-state index contributed by atoms with van der Waals surface area (Å²) < 4.78 is 32.7. The number of hydrogen-bond donors (Lipinski definition) is 0. The van der Waals surface area contributed by atoms with Crippen LogP contribution in [0.3, 0.4) is 0 Å². The largest absolute Gasteiger partial charge is 0.491 e. The Labute approximate surface area is 146 Å². The molecule has 24 heavy (non-hydrogen) atoms. The van der Waals surface area contributed by atoms with Crippen molar-refractivity contribution < 1.29 is 13.2 Å². The van der Waals surface area contributed by atoms with Crippen molar-refractivity contribution in [2.45, 2.75) is 51.0 Å². The topological polar surface area (TPSA) is 49.9 Å². The molecule has 0 amide bonds. The molecule has 0 spiro atoms. The van der Waals surface area contributed by atoms with E-state index >= 15 is 0 Å². The number of nitrogens with zero attached hydrogens (tertiary/aromatic N) is 2. The second-order valence-electron chi connectivity index (χ2n) is 6.59. The lowest BCUT2D eigenvalue weighted by Gasteiger charge is -2.34. The van der Waals surface area contributed by atoms with Gasteiger partial charge in [-0.25, -0.2) is 8.42 Å². The van der Waals surface area contributed by atoms with Gasteiger partial charge in [-0.2, -0.15) is 4.31 Å². The summed E-state index contributed by atoms with van der Waals surface area (Å²) >= 11 is 0. The third-order valence-electron chi connectivity index (χ3n) is 4.24. The second-order valence-corrected chi connectivity index (χ2v) is 8.53. The highest BCUT2D eigenvalue weighted by molar-refractivity contribution is 7.89. The molecule has 0 atom stereocenters. The van der Waals surface area contributed by atoms with Gasteiger partial charge >= 0.3 is 0 Å². The van der Waals surface area contributed by atoms with Crippen LogP contribution in [0.2, 0.25) is 0 Å². The lowest BCUT2D eigenvalue weighted by Crippen LogP contribution is -2.48. The van der Waals surface area contributed by atoms with Gasteiger partial charge in [0.15, 0.2) is 0 Å². The van der Waals surface area contributed by atoms with Gasteiger partial charge in [0.25, 0.3) is 0 Å². The first-order chi connectivity index (χ1) is 11.4. The number of rotatable bonds is 8. The molecule has 2 rings (SSSR count). The SMILES string of the molecule is CCCCCN1CCN(S(=O)(=O)c2ccc(OC(C)C)cc2)CC1. The van der Waals surface area contributed by atoms with E-state index in [2.05, 4.69) is 11.8 Å². The van der Waals surface area contributed by atoms with Crippen LogP contribution in [0.15, 0.2) is 29.2 Å². The van der Waals surface area contributed by atoms with Crippen molar-refractivity contribution in [2.75, 3.05) is 32.7 Å². The van der Waals surface area contributed by atoms with E-state index in [1.165, 1.54) is 19.3 Å². The molecular weight excluding hydrogens is 324 g/mol. The summed E-state index contributed by atoms with van der Waals surface area (Å²) in [5.74, 6) is 0.699. The highest BCUT2D eigenvalue weighted by atomic mass is 32.2. The van der Waals surface area contributed by atoms with Crippen LogP contribution in [0.5, 0.6) is 5.75 Å². The van der Waals surface area contributed by atoms with E-state index in [-0.39, 0.29) is 6.10 Å². The molecular formula is C18H30N2O3S. The summed E-state index contributed by atoms with van der Waals surface area (Å²) in [6.45, 7) is 9.94. The molecule has 1 saturated heterocycles. The van der Waals surface area contributed by atoms with Crippen LogP contribution >= 0.6 is 0 Å². The van der Waals surface area contributed by atoms with Crippen LogP contribution in [0, 0.1) is 0 Å². The van der Waals surface area contributed by atoms with Gasteiger partial charge in [0, 0.05) is 26.2 Å². The van der Waals surface area contributed by atoms with E-state index < -0.39 is 10.0 Å². The molecule has 0 unspecified atom stereocenters. The van der Waals surface area contributed by atoms with E-state index in [1.54, 1.807) is 28.6 Å². The van der Waals surface area contributed by atoms with Crippen molar-refractivity contribution in [2.24, 2.45) is 0 Å². The predicted molar refractivity (Wildman–Crippen MR) is 96.9 cm³/mol. The molecule has 0 saturated carbocycles. The molecule has 0 bridgehead atoms. The molecule has 1 aromatic carbocycles. The van der Waals surface area contributed by atoms with Crippen molar-refractivity contribution >= 4 is 10.0 Å². The number of unbranched alkanes of at least 4 members (excludes halogenated alkanes) is 2. The molecule has 6 heteroatoms. The minimum atomic E-state index is -3.40. The first-order valence-corrected chi connectivity index (χ1v) is 10.4. The zero-order valence-electron chi connectivity index (χ0n) is 15.1. The first-order valence-electron chi connectivity index (χ1n) is 8.92. The highest BCUT2D eigenvalue weighted by Gasteiger charge is 2.28. The molecule has 1 aliphatic rings. The number of hydrogen-bond acceptors (Lipinski definition) is 4. The molecule has 1 aliphatic heterocycles. The van der Waals surface area contributed by atoms with E-state index in [9.17, 15) is 8.42 Å². The van der Waals surface area contributed by atoms with E-state index in [0.717, 1.165) is 19.6 Å². The third kappa shape index (κ3) is 5.19. The highest BCUT2D eigenvalue weighted by Crippen LogP contribution is 2.21. The maximum Gasteiger partial charge on any atom is 0.243 e. The zero-order chi connectivity index (χ0) is 17.6. The summed E-state index contributed by atoms with van der Waals surface area (Å²) in [6.07, 6.45) is 3.72. The Morgan fingerprint density at radius 3 is 2.21 bits per heavy atom. The predicted octanol–water partition coefficient (Wildman–Crippen LogP) is 2.97. The van der Waals surface area contributed by atoms with Crippen molar-refractivity contribution in [1.29, 1.82) is 0 Å². The van der Waals surface area contributed by atoms with E-state index in [4.69, 9.17) is 4.74 Å². The fraction of sp³-hybridized carbons (Fsp3) is 0.667. The Morgan fingerprint density at radius 2 is 1.67 bits per heavy atom. The van der Waals surface area contributed by atoms with Gasteiger partial charge in [0.05, 0.1) is 11.0 Å². The summed E-state index contributed by atoms with van der Waals surface area (Å²) in [4.78, 5) is 2.71. The van der Waals surface area contributed by atoms with Crippen molar-refractivity contribution in [1.82, 2.24) is 9.21 Å². The zero-order valence-corrected chi connectivity index (χ0v) is 15.9. The Morgan fingerprint density at radius 1 is 1.04 bits per heavy atom. The molecule has 0 aromatic heterocycles. The van der Waals surface area contributed by atoms with Crippen LogP contribution in [0.25, 0.3) is 0 Å². The Bertz CT molecular complexity index is 591. The molecule has 1 aromatic rings. The van der Waals surface area contributed by atoms with Crippen LogP contribution in [-0.2, 0) is 10.0 Å². The fourth-order valence-electron chi connectivity index (χ4n) is 2.89. The van der Waals surface area contributed by atoms with Crippen LogP contribution in [-0.4, -0.2) is 56.5 Å². The molecule has 0 aliphatic carbocycles. The number of benzene rings is 1. The quantitative estimate of drug-likeness (QED) is 0.674. The standard InChI is InChI=1S/C18H30N2O3S/c1-4-5-6-11-19-12-14-20(15-13-19)24(21,22)18-9-7-17(8-10-18)23-16(2)3/h7-10,16H,4-6,11-15H2,1-3H3. The van der Waals surface area contributed by atoms with Gasteiger partial charge < -0.3 is 9.64 Å². The van der Waals surface area contributed by atoms with Crippen LogP contribution in [0.4, 0.5) is 0 Å². The summed E-state index contributed by atoms with van der Waals surface area (Å²) in [6, 6.07) is 6.74. The monoisotopic (exact) mass is 354 g/mol. The maximum atomic E-state index is 12.8. The van der Waals surface area contributed by atoms with Gasteiger partial charge in [-0.05, 0) is 51.1 Å².